The number of nitrogens with one attached hydrogen (secondary N) is 1. The number of hydrogen-bond donors (Lipinski definition) is 1. The monoisotopic (exact) mass is 229 g/mol. The molecule has 0 radical (unpaired) electrons. The lowest BCUT2D eigenvalue weighted by atomic mass is 9.73. The average Bonchev–Trinajstić information content (AvgIpc) is 2.82. The van der Waals surface area contributed by atoms with Crippen LogP contribution in [0, 0.1) is 11.8 Å². The summed E-state index contributed by atoms with van der Waals surface area (Å²) in [6, 6.07) is 9.62. The molecule has 1 nitrogen and oxygen atoms in total. The van der Waals surface area contributed by atoms with E-state index in [1.165, 1.54) is 37.7 Å². The molecule has 1 aromatic rings. The second-order valence-corrected chi connectivity index (χ2v) is 5.67. The summed E-state index contributed by atoms with van der Waals surface area (Å²) in [5.41, 5.74) is 3.11. The molecule has 2 aliphatic rings. The molecule has 92 valence electrons. The molecule has 1 aromatic carbocycles. The fourth-order valence-electron chi connectivity index (χ4n) is 3.89. The number of benzene rings is 1. The summed E-state index contributed by atoms with van der Waals surface area (Å²) in [7, 11) is 0. The summed E-state index contributed by atoms with van der Waals surface area (Å²) in [5, 5.41) is 3.76. The van der Waals surface area contributed by atoms with E-state index in [1.807, 2.05) is 0 Å². The lowest BCUT2D eigenvalue weighted by molar-refractivity contribution is 0.181. The minimum absolute atomic E-state index is 0.636. The Morgan fingerprint density at radius 2 is 2.00 bits per heavy atom. The summed E-state index contributed by atoms with van der Waals surface area (Å²) in [6.07, 6.45) is 7.10. The van der Waals surface area contributed by atoms with Gasteiger partial charge in [-0.2, -0.15) is 0 Å². The normalized spacial score (nSPS) is 32.4. The lowest BCUT2D eigenvalue weighted by Gasteiger charge is -2.35. The third kappa shape index (κ3) is 2.01. The minimum Gasteiger partial charge on any atom is -0.306 e. The highest BCUT2D eigenvalue weighted by Gasteiger charge is 2.34. The smallest absolute Gasteiger partial charge is 0.0357 e. The van der Waals surface area contributed by atoms with Gasteiger partial charge in [-0.05, 0) is 29.4 Å². The molecule has 1 saturated carbocycles. The molecule has 0 saturated heterocycles. The van der Waals surface area contributed by atoms with Gasteiger partial charge in [0.25, 0.3) is 0 Å². The molecule has 1 aliphatic carbocycles. The van der Waals surface area contributed by atoms with Gasteiger partial charge in [-0.3, -0.25) is 0 Å². The molecular formula is C16H23N. The van der Waals surface area contributed by atoms with E-state index in [9.17, 15) is 0 Å². The van der Waals surface area contributed by atoms with Gasteiger partial charge < -0.3 is 5.32 Å². The van der Waals surface area contributed by atoms with Crippen molar-refractivity contribution < 1.29 is 0 Å². The van der Waals surface area contributed by atoms with Crippen LogP contribution in [0.4, 0.5) is 0 Å². The maximum atomic E-state index is 3.76. The molecule has 1 fully saturated rings. The van der Waals surface area contributed by atoms with Gasteiger partial charge in [-0.25, -0.2) is 0 Å². The Labute approximate surface area is 105 Å². The average molecular weight is 229 g/mol. The molecule has 0 amide bonds. The molecule has 0 aromatic heterocycles. The van der Waals surface area contributed by atoms with Gasteiger partial charge in [-0.15, -0.1) is 0 Å². The van der Waals surface area contributed by atoms with Crippen molar-refractivity contribution in [1.82, 2.24) is 5.32 Å². The summed E-state index contributed by atoms with van der Waals surface area (Å²) < 4.78 is 0. The van der Waals surface area contributed by atoms with Crippen LogP contribution in [0.2, 0.25) is 0 Å². The van der Waals surface area contributed by atoms with Crippen molar-refractivity contribution in [2.75, 3.05) is 0 Å². The van der Waals surface area contributed by atoms with Crippen LogP contribution in [0.3, 0.4) is 0 Å². The van der Waals surface area contributed by atoms with Gasteiger partial charge in [0.05, 0.1) is 0 Å². The number of rotatable bonds is 2. The van der Waals surface area contributed by atoms with Crippen LogP contribution >= 0.6 is 0 Å². The van der Waals surface area contributed by atoms with Gasteiger partial charge in [0.15, 0.2) is 0 Å². The Hall–Kier alpha value is -0.820. The zero-order chi connectivity index (χ0) is 11.7. The van der Waals surface area contributed by atoms with Crippen LogP contribution in [0.25, 0.3) is 0 Å². The van der Waals surface area contributed by atoms with Gasteiger partial charge in [0.1, 0.15) is 0 Å². The fourth-order valence-corrected chi connectivity index (χ4v) is 3.89. The molecule has 3 rings (SSSR count). The van der Waals surface area contributed by atoms with Crippen molar-refractivity contribution in [2.24, 2.45) is 11.8 Å². The fraction of sp³-hybridized carbons (Fsp3) is 0.625. The molecule has 3 unspecified atom stereocenters. The molecule has 1 heterocycles. The summed E-state index contributed by atoms with van der Waals surface area (Å²) in [5.74, 6) is 1.81. The van der Waals surface area contributed by atoms with E-state index in [1.54, 1.807) is 5.56 Å². The van der Waals surface area contributed by atoms with E-state index in [2.05, 4.69) is 36.5 Å². The minimum atomic E-state index is 0.636. The standard InChI is InChI=1S/C16H23N/c1-2-12-7-3-5-9-14(12)16-15-10-6-4-8-13(15)11-17-16/h4,6,8,10,12,14,16-17H,2-3,5,7,9,11H2,1H3. The van der Waals surface area contributed by atoms with Crippen molar-refractivity contribution in [1.29, 1.82) is 0 Å². The van der Waals surface area contributed by atoms with Gasteiger partial charge in [0, 0.05) is 12.6 Å². The van der Waals surface area contributed by atoms with E-state index < -0.39 is 0 Å². The van der Waals surface area contributed by atoms with E-state index in [4.69, 9.17) is 0 Å². The van der Waals surface area contributed by atoms with Crippen LogP contribution < -0.4 is 5.32 Å². The second-order valence-electron chi connectivity index (χ2n) is 5.67. The summed E-state index contributed by atoms with van der Waals surface area (Å²) >= 11 is 0. The third-order valence-corrected chi connectivity index (χ3v) is 4.82. The maximum absolute atomic E-state index is 3.76. The van der Waals surface area contributed by atoms with E-state index in [-0.39, 0.29) is 0 Å². The van der Waals surface area contributed by atoms with Crippen molar-refractivity contribution >= 4 is 0 Å². The quantitative estimate of drug-likeness (QED) is 0.807. The van der Waals surface area contributed by atoms with Crippen molar-refractivity contribution in [3.05, 3.63) is 35.4 Å². The highest BCUT2D eigenvalue weighted by atomic mass is 14.9. The molecule has 1 aliphatic heterocycles. The summed E-state index contributed by atoms with van der Waals surface area (Å²) in [6.45, 7) is 3.44. The Morgan fingerprint density at radius 1 is 1.18 bits per heavy atom. The molecule has 17 heavy (non-hydrogen) atoms. The van der Waals surface area contributed by atoms with Gasteiger partial charge >= 0.3 is 0 Å². The second kappa shape index (κ2) is 4.81. The third-order valence-electron chi connectivity index (χ3n) is 4.82. The molecule has 1 N–H and O–H groups in total. The van der Waals surface area contributed by atoms with Crippen molar-refractivity contribution in [3.8, 4) is 0 Å². The molecule has 3 atom stereocenters. The van der Waals surface area contributed by atoms with Crippen LogP contribution in [-0.4, -0.2) is 0 Å². The van der Waals surface area contributed by atoms with Crippen LogP contribution in [-0.2, 0) is 6.54 Å². The van der Waals surface area contributed by atoms with Crippen molar-refractivity contribution in [3.63, 3.8) is 0 Å². The Morgan fingerprint density at radius 3 is 2.88 bits per heavy atom. The van der Waals surface area contributed by atoms with Crippen LogP contribution in [0.5, 0.6) is 0 Å². The van der Waals surface area contributed by atoms with Crippen molar-refractivity contribution in [2.45, 2.75) is 51.6 Å². The predicted molar refractivity (Wildman–Crippen MR) is 71.8 cm³/mol. The first-order valence-electron chi connectivity index (χ1n) is 7.21. The van der Waals surface area contributed by atoms with Gasteiger partial charge in [-0.1, -0.05) is 56.9 Å². The molecule has 1 heteroatoms. The zero-order valence-corrected chi connectivity index (χ0v) is 10.8. The Bertz CT molecular complexity index is 385. The first-order valence-corrected chi connectivity index (χ1v) is 7.21. The van der Waals surface area contributed by atoms with E-state index in [0.717, 1.165) is 18.4 Å². The first-order chi connectivity index (χ1) is 8.40. The molecule has 0 spiro atoms. The lowest BCUT2D eigenvalue weighted by Crippen LogP contribution is -2.30. The molecular weight excluding hydrogens is 206 g/mol. The SMILES string of the molecule is CCC1CCCCC1C1NCc2ccccc21. The van der Waals surface area contributed by atoms with E-state index in [0.29, 0.717) is 6.04 Å². The van der Waals surface area contributed by atoms with E-state index >= 15 is 0 Å². The topological polar surface area (TPSA) is 12.0 Å². The van der Waals surface area contributed by atoms with Crippen LogP contribution in [0.1, 0.15) is 56.2 Å². The van der Waals surface area contributed by atoms with Crippen LogP contribution in [0.15, 0.2) is 24.3 Å². The number of hydrogen-bond acceptors (Lipinski definition) is 1. The van der Waals surface area contributed by atoms with Gasteiger partial charge in [0.2, 0.25) is 0 Å². The summed E-state index contributed by atoms with van der Waals surface area (Å²) in [4.78, 5) is 0. The number of fused-ring (bicyclic) bond motifs is 1. The first kappa shape index (κ1) is 11.3. The molecule has 0 bridgehead atoms. The highest BCUT2D eigenvalue weighted by molar-refractivity contribution is 5.34. The Kier molecular flexibility index (Phi) is 3.19. The zero-order valence-electron chi connectivity index (χ0n) is 10.8. The largest absolute Gasteiger partial charge is 0.306 e. The predicted octanol–water partition coefficient (Wildman–Crippen LogP) is 4.05. The highest BCUT2D eigenvalue weighted by Crippen LogP contribution is 2.43. The maximum Gasteiger partial charge on any atom is 0.0357 e. The Balaban J connectivity index is 1.85.